The molecule has 0 bridgehead atoms. The Morgan fingerprint density at radius 2 is 1.74 bits per heavy atom. The molecule has 0 radical (unpaired) electrons. The Morgan fingerprint density at radius 3 is 2.29 bits per heavy atom. The van der Waals surface area contributed by atoms with E-state index >= 15 is 0 Å². The largest absolute Gasteiger partial charge is 0.444 e. The average molecular weight is 426 g/mol. The van der Waals surface area contributed by atoms with E-state index in [4.69, 9.17) is 4.74 Å². The van der Waals surface area contributed by atoms with E-state index in [1.165, 1.54) is 5.56 Å². The number of alkyl carbamates (subject to hydrolysis) is 1. The van der Waals surface area contributed by atoms with Crippen molar-refractivity contribution in [1.29, 1.82) is 0 Å². The van der Waals surface area contributed by atoms with Crippen LogP contribution in [-0.4, -0.2) is 36.2 Å². The van der Waals surface area contributed by atoms with Gasteiger partial charge >= 0.3 is 6.09 Å². The number of aromatic nitrogens is 1. The molecule has 0 aliphatic heterocycles. The first kappa shape index (κ1) is 24.2. The van der Waals surface area contributed by atoms with Gasteiger partial charge in [-0.1, -0.05) is 44.2 Å². The summed E-state index contributed by atoms with van der Waals surface area (Å²) in [6, 6.07) is 13.8. The van der Waals surface area contributed by atoms with E-state index in [0.29, 0.717) is 25.0 Å². The van der Waals surface area contributed by atoms with Crippen molar-refractivity contribution < 1.29 is 9.53 Å². The first-order valence-corrected chi connectivity index (χ1v) is 10.6. The minimum atomic E-state index is -0.566. The van der Waals surface area contributed by atoms with Gasteiger partial charge in [0.2, 0.25) is 0 Å². The fourth-order valence-corrected chi connectivity index (χ4v) is 2.91. The van der Waals surface area contributed by atoms with Crippen molar-refractivity contribution in [2.45, 2.75) is 58.7 Å². The highest BCUT2D eigenvalue weighted by molar-refractivity contribution is 5.79. The molecule has 0 saturated heterocycles. The number of nitrogens with one attached hydrogen (secondary N) is 3. The van der Waals surface area contributed by atoms with Gasteiger partial charge in [0.15, 0.2) is 5.96 Å². The van der Waals surface area contributed by atoms with Gasteiger partial charge in [-0.15, -0.1) is 0 Å². The van der Waals surface area contributed by atoms with Crippen molar-refractivity contribution >= 4 is 12.1 Å². The summed E-state index contributed by atoms with van der Waals surface area (Å²) in [5.41, 5.74) is 2.59. The molecule has 31 heavy (non-hydrogen) atoms. The molecule has 0 saturated carbocycles. The second kappa shape index (κ2) is 11.3. The molecule has 2 rings (SSSR count). The summed E-state index contributed by atoms with van der Waals surface area (Å²) >= 11 is 0. The van der Waals surface area contributed by atoms with Gasteiger partial charge in [-0.25, -0.2) is 4.79 Å². The lowest BCUT2D eigenvalue weighted by Crippen LogP contribution is -2.44. The molecule has 1 atom stereocenters. The minimum Gasteiger partial charge on any atom is -0.444 e. The molecule has 1 amide bonds. The zero-order valence-electron chi connectivity index (χ0n) is 19.4. The third-order valence-electron chi connectivity index (χ3n) is 4.56. The lowest BCUT2D eigenvalue weighted by Gasteiger charge is -2.25. The fraction of sp³-hybridized carbons (Fsp3) is 0.458. The molecule has 0 aliphatic carbocycles. The van der Waals surface area contributed by atoms with Crippen LogP contribution in [0.5, 0.6) is 0 Å². The molecule has 0 spiro atoms. The summed E-state index contributed by atoms with van der Waals surface area (Å²) in [6.07, 6.45) is 1.30. The lowest BCUT2D eigenvalue weighted by atomic mass is 9.99. The standard InChI is InChI=1S/C24H35N5O2/c1-17(2)18-10-12-19(13-11-18)21(29-23(30)31-24(3,4)5)16-28-22(25-6)27-15-20-9-7-8-14-26-20/h7-14,17,21H,15-16H2,1-6H3,(H,29,30)(H2,25,27,28). The number of hydrogen-bond donors (Lipinski definition) is 3. The zero-order chi connectivity index (χ0) is 22.9. The third-order valence-corrected chi connectivity index (χ3v) is 4.56. The van der Waals surface area contributed by atoms with Crippen LogP contribution in [0.1, 0.15) is 63.4 Å². The third kappa shape index (κ3) is 8.66. The SMILES string of the molecule is CN=C(NCc1ccccn1)NCC(NC(=O)OC(C)(C)C)c1ccc(C(C)C)cc1. The molecule has 1 heterocycles. The van der Waals surface area contributed by atoms with Crippen LogP contribution in [-0.2, 0) is 11.3 Å². The number of rotatable bonds is 7. The van der Waals surface area contributed by atoms with E-state index in [-0.39, 0.29) is 6.04 Å². The van der Waals surface area contributed by atoms with E-state index < -0.39 is 11.7 Å². The maximum absolute atomic E-state index is 12.4. The number of carbonyl (C=O) groups excluding carboxylic acids is 1. The first-order chi connectivity index (χ1) is 14.7. The number of pyridine rings is 1. The van der Waals surface area contributed by atoms with E-state index in [9.17, 15) is 4.79 Å². The summed E-state index contributed by atoms with van der Waals surface area (Å²) in [7, 11) is 1.71. The van der Waals surface area contributed by atoms with Gasteiger partial charge in [-0.3, -0.25) is 9.98 Å². The number of nitrogens with zero attached hydrogens (tertiary/aromatic N) is 2. The topological polar surface area (TPSA) is 87.6 Å². The molecule has 7 nitrogen and oxygen atoms in total. The summed E-state index contributed by atoms with van der Waals surface area (Å²) in [6.45, 7) is 10.9. The van der Waals surface area contributed by atoms with Gasteiger partial charge in [-0.2, -0.15) is 0 Å². The van der Waals surface area contributed by atoms with Crippen LogP contribution in [0.4, 0.5) is 4.79 Å². The monoisotopic (exact) mass is 425 g/mol. The molecule has 0 aliphatic rings. The number of aliphatic imine (C=N–C) groups is 1. The number of ether oxygens (including phenoxy) is 1. The molecule has 1 aromatic heterocycles. The molecule has 2 aromatic rings. The summed E-state index contributed by atoms with van der Waals surface area (Å²) in [5, 5.41) is 9.50. The van der Waals surface area contributed by atoms with Crippen molar-refractivity contribution in [1.82, 2.24) is 20.9 Å². The highest BCUT2D eigenvalue weighted by atomic mass is 16.6. The fourth-order valence-electron chi connectivity index (χ4n) is 2.91. The molecular formula is C24H35N5O2. The smallest absolute Gasteiger partial charge is 0.408 e. The molecule has 7 heteroatoms. The highest BCUT2D eigenvalue weighted by Crippen LogP contribution is 2.19. The maximum Gasteiger partial charge on any atom is 0.408 e. The Kier molecular flexibility index (Phi) is 8.85. The van der Waals surface area contributed by atoms with Crippen LogP contribution in [0.2, 0.25) is 0 Å². The van der Waals surface area contributed by atoms with E-state index in [0.717, 1.165) is 11.3 Å². The molecule has 1 aromatic carbocycles. The van der Waals surface area contributed by atoms with Gasteiger partial charge in [0.25, 0.3) is 0 Å². The van der Waals surface area contributed by atoms with Crippen LogP contribution in [0.3, 0.4) is 0 Å². The van der Waals surface area contributed by atoms with Gasteiger partial charge < -0.3 is 20.7 Å². The van der Waals surface area contributed by atoms with E-state index in [1.54, 1.807) is 13.2 Å². The van der Waals surface area contributed by atoms with Gasteiger partial charge in [0.1, 0.15) is 5.60 Å². The van der Waals surface area contributed by atoms with Crippen LogP contribution < -0.4 is 16.0 Å². The van der Waals surface area contributed by atoms with E-state index in [2.05, 4.69) is 51.9 Å². The first-order valence-electron chi connectivity index (χ1n) is 10.6. The van der Waals surface area contributed by atoms with E-state index in [1.807, 2.05) is 51.1 Å². The lowest BCUT2D eigenvalue weighted by molar-refractivity contribution is 0.0504. The number of carbonyl (C=O) groups is 1. The van der Waals surface area contributed by atoms with Crippen LogP contribution in [0.25, 0.3) is 0 Å². The molecule has 1 unspecified atom stereocenters. The Bertz CT molecular complexity index is 843. The van der Waals surface area contributed by atoms with Gasteiger partial charge in [-0.05, 0) is 49.9 Å². The van der Waals surface area contributed by atoms with Gasteiger partial charge in [0.05, 0.1) is 18.3 Å². The predicted octanol–water partition coefficient (Wildman–Crippen LogP) is 4.14. The number of guanidine groups is 1. The van der Waals surface area contributed by atoms with Crippen LogP contribution >= 0.6 is 0 Å². The number of amides is 1. The second-order valence-electron chi connectivity index (χ2n) is 8.65. The number of benzene rings is 1. The van der Waals surface area contributed by atoms with Crippen molar-refractivity contribution in [3.05, 3.63) is 65.5 Å². The Hall–Kier alpha value is -3.09. The predicted molar refractivity (Wildman–Crippen MR) is 125 cm³/mol. The van der Waals surface area contributed by atoms with Crippen LogP contribution in [0, 0.1) is 0 Å². The maximum atomic E-state index is 12.4. The number of hydrogen-bond acceptors (Lipinski definition) is 4. The summed E-state index contributed by atoms with van der Waals surface area (Å²) in [4.78, 5) is 21.0. The molecule has 3 N–H and O–H groups in total. The van der Waals surface area contributed by atoms with Crippen LogP contribution in [0.15, 0.2) is 53.7 Å². The zero-order valence-corrected chi connectivity index (χ0v) is 19.4. The molecule has 168 valence electrons. The average Bonchev–Trinajstić information content (AvgIpc) is 2.72. The summed E-state index contributed by atoms with van der Waals surface area (Å²) < 4.78 is 5.46. The van der Waals surface area contributed by atoms with Crippen molar-refractivity contribution in [2.24, 2.45) is 4.99 Å². The minimum absolute atomic E-state index is 0.288. The van der Waals surface area contributed by atoms with Crippen molar-refractivity contribution in [2.75, 3.05) is 13.6 Å². The molecular weight excluding hydrogens is 390 g/mol. The summed E-state index contributed by atoms with van der Waals surface area (Å²) in [5.74, 6) is 1.07. The second-order valence-corrected chi connectivity index (χ2v) is 8.65. The highest BCUT2D eigenvalue weighted by Gasteiger charge is 2.21. The molecule has 0 fully saturated rings. The Balaban J connectivity index is 2.06. The Labute approximate surface area is 185 Å². The van der Waals surface area contributed by atoms with Crippen molar-refractivity contribution in [3.63, 3.8) is 0 Å². The van der Waals surface area contributed by atoms with Crippen molar-refractivity contribution in [3.8, 4) is 0 Å². The van der Waals surface area contributed by atoms with Gasteiger partial charge in [0, 0.05) is 19.8 Å². The quantitative estimate of drug-likeness (QED) is 0.458. The Morgan fingerprint density at radius 1 is 1.06 bits per heavy atom. The normalized spacial score (nSPS) is 12.9.